The van der Waals surface area contributed by atoms with Crippen LogP contribution in [-0.4, -0.2) is 45.8 Å². The second-order valence-corrected chi connectivity index (χ2v) is 6.59. The Labute approximate surface area is 141 Å². The van der Waals surface area contributed by atoms with Crippen LogP contribution >= 0.6 is 11.3 Å². The molecule has 0 saturated carbocycles. The molecule has 23 heavy (non-hydrogen) atoms. The van der Waals surface area contributed by atoms with Crippen molar-refractivity contribution in [3.8, 4) is 0 Å². The van der Waals surface area contributed by atoms with E-state index in [0.717, 1.165) is 28.2 Å². The first-order chi connectivity index (χ1) is 11.0. The third-order valence-electron chi connectivity index (χ3n) is 3.95. The Morgan fingerprint density at radius 3 is 2.70 bits per heavy atom. The van der Waals surface area contributed by atoms with Gasteiger partial charge in [-0.05, 0) is 20.3 Å². The van der Waals surface area contributed by atoms with Crippen LogP contribution in [0.25, 0.3) is 0 Å². The molecule has 2 rings (SSSR count). The van der Waals surface area contributed by atoms with E-state index in [1.807, 2.05) is 25.6 Å². The molecule has 126 valence electrons. The molecule has 0 atom stereocenters. The van der Waals surface area contributed by atoms with Crippen molar-refractivity contribution in [1.82, 2.24) is 19.7 Å². The molecule has 1 amide bonds. The Hall–Kier alpha value is -1.73. The van der Waals surface area contributed by atoms with Crippen molar-refractivity contribution < 1.29 is 9.53 Å². The molecule has 0 saturated heterocycles. The lowest BCUT2D eigenvalue weighted by atomic mass is 10.2. The van der Waals surface area contributed by atoms with Gasteiger partial charge in [0.05, 0.1) is 12.3 Å². The van der Waals surface area contributed by atoms with Gasteiger partial charge in [-0.2, -0.15) is 5.10 Å². The fourth-order valence-corrected chi connectivity index (χ4v) is 3.22. The van der Waals surface area contributed by atoms with E-state index < -0.39 is 0 Å². The smallest absolute Gasteiger partial charge is 0.283 e. The molecular formula is C16H24N4O2S. The van der Waals surface area contributed by atoms with Crippen LogP contribution in [0.5, 0.6) is 0 Å². The van der Waals surface area contributed by atoms with E-state index in [4.69, 9.17) is 4.74 Å². The molecule has 0 bridgehead atoms. The maximum absolute atomic E-state index is 12.8. The first kappa shape index (κ1) is 17.6. The topological polar surface area (TPSA) is 60.3 Å². The number of carbonyl (C=O) groups excluding carboxylic acids is 1. The van der Waals surface area contributed by atoms with E-state index >= 15 is 0 Å². The maximum Gasteiger partial charge on any atom is 0.283 e. The SMILES string of the molecule is CCc1cnc(C(=O)N(CCOC)Cc2c(C)nn(C)c2C)s1. The van der Waals surface area contributed by atoms with Crippen LogP contribution in [0.1, 0.15) is 38.6 Å². The lowest BCUT2D eigenvalue weighted by Crippen LogP contribution is -2.33. The van der Waals surface area contributed by atoms with Crippen LogP contribution in [-0.2, 0) is 24.8 Å². The minimum Gasteiger partial charge on any atom is -0.383 e. The second kappa shape index (κ2) is 7.70. The van der Waals surface area contributed by atoms with Crippen molar-refractivity contribution in [1.29, 1.82) is 0 Å². The first-order valence-electron chi connectivity index (χ1n) is 7.69. The van der Waals surface area contributed by atoms with Gasteiger partial charge in [0.1, 0.15) is 0 Å². The molecule has 0 radical (unpaired) electrons. The molecule has 0 N–H and O–H groups in total. The zero-order chi connectivity index (χ0) is 17.0. The minimum absolute atomic E-state index is 0.0468. The van der Waals surface area contributed by atoms with Gasteiger partial charge in [0.15, 0.2) is 5.01 Å². The number of hydrogen-bond acceptors (Lipinski definition) is 5. The summed E-state index contributed by atoms with van der Waals surface area (Å²) in [6.45, 7) is 7.61. The standard InChI is InChI=1S/C16H24N4O2S/c1-6-13-9-17-15(23-13)16(21)20(7-8-22-5)10-14-11(2)18-19(4)12(14)3/h9H,6-8,10H2,1-5H3. The molecule has 0 fully saturated rings. The molecule has 0 aliphatic carbocycles. The Balaban J connectivity index is 2.23. The average molecular weight is 336 g/mol. The third kappa shape index (κ3) is 3.97. The summed E-state index contributed by atoms with van der Waals surface area (Å²) in [5, 5.41) is 4.97. The summed E-state index contributed by atoms with van der Waals surface area (Å²) in [5.74, 6) is -0.0468. The fraction of sp³-hybridized carbons (Fsp3) is 0.562. The van der Waals surface area contributed by atoms with Crippen molar-refractivity contribution >= 4 is 17.2 Å². The Morgan fingerprint density at radius 1 is 1.43 bits per heavy atom. The monoisotopic (exact) mass is 336 g/mol. The maximum atomic E-state index is 12.8. The summed E-state index contributed by atoms with van der Waals surface area (Å²) in [5.41, 5.74) is 3.11. The van der Waals surface area contributed by atoms with Crippen LogP contribution < -0.4 is 0 Å². The number of ether oxygens (including phenoxy) is 1. The number of nitrogens with zero attached hydrogens (tertiary/aromatic N) is 4. The highest BCUT2D eigenvalue weighted by Gasteiger charge is 2.22. The summed E-state index contributed by atoms with van der Waals surface area (Å²) in [4.78, 5) is 20.0. The minimum atomic E-state index is -0.0468. The highest BCUT2D eigenvalue weighted by molar-refractivity contribution is 7.13. The van der Waals surface area contributed by atoms with Gasteiger partial charge < -0.3 is 9.64 Å². The number of amides is 1. The molecule has 0 aromatic carbocycles. The van der Waals surface area contributed by atoms with Gasteiger partial charge in [0, 0.05) is 49.6 Å². The Kier molecular flexibility index (Phi) is 5.90. The van der Waals surface area contributed by atoms with E-state index in [1.54, 1.807) is 18.2 Å². The van der Waals surface area contributed by atoms with Gasteiger partial charge in [-0.3, -0.25) is 9.48 Å². The third-order valence-corrected chi connectivity index (χ3v) is 5.08. The predicted molar refractivity (Wildman–Crippen MR) is 90.8 cm³/mol. The van der Waals surface area contributed by atoms with Crippen LogP contribution in [0.2, 0.25) is 0 Å². The molecule has 0 aliphatic heterocycles. The van der Waals surface area contributed by atoms with Crippen molar-refractivity contribution in [2.75, 3.05) is 20.3 Å². The molecule has 2 heterocycles. The number of aromatic nitrogens is 3. The van der Waals surface area contributed by atoms with Crippen molar-refractivity contribution in [3.05, 3.63) is 33.0 Å². The quantitative estimate of drug-likeness (QED) is 0.779. The number of hydrogen-bond donors (Lipinski definition) is 0. The van der Waals surface area contributed by atoms with E-state index in [2.05, 4.69) is 17.0 Å². The number of aryl methyl sites for hydroxylation is 3. The number of rotatable bonds is 7. The van der Waals surface area contributed by atoms with E-state index in [1.165, 1.54) is 11.3 Å². The molecule has 2 aromatic heterocycles. The lowest BCUT2D eigenvalue weighted by molar-refractivity contribution is 0.0679. The van der Waals surface area contributed by atoms with Crippen LogP contribution in [0, 0.1) is 13.8 Å². The summed E-state index contributed by atoms with van der Waals surface area (Å²) >= 11 is 1.46. The normalized spacial score (nSPS) is 11.0. The van der Waals surface area contributed by atoms with Gasteiger partial charge in [-0.15, -0.1) is 11.3 Å². The fourth-order valence-electron chi connectivity index (χ4n) is 2.40. The number of carbonyl (C=O) groups is 1. The van der Waals surface area contributed by atoms with Crippen LogP contribution in [0.4, 0.5) is 0 Å². The number of methoxy groups -OCH3 is 1. The van der Waals surface area contributed by atoms with E-state index in [-0.39, 0.29) is 5.91 Å². The zero-order valence-electron chi connectivity index (χ0n) is 14.4. The predicted octanol–water partition coefficient (Wildman–Crippen LogP) is 2.34. The van der Waals surface area contributed by atoms with Crippen LogP contribution in [0.3, 0.4) is 0 Å². The zero-order valence-corrected chi connectivity index (χ0v) is 15.2. The van der Waals surface area contributed by atoms with Crippen molar-refractivity contribution in [2.24, 2.45) is 7.05 Å². The van der Waals surface area contributed by atoms with E-state index in [9.17, 15) is 4.79 Å². The largest absolute Gasteiger partial charge is 0.383 e. The molecule has 0 spiro atoms. The van der Waals surface area contributed by atoms with Crippen LogP contribution in [0.15, 0.2) is 6.20 Å². The molecule has 6 nitrogen and oxygen atoms in total. The Morgan fingerprint density at radius 2 is 2.17 bits per heavy atom. The molecular weight excluding hydrogens is 312 g/mol. The highest BCUT2D eigenvalue weighted by Crippen LogP contribution is 2.19. The summed E-state index contributed by atoms with van der Waals surface area (Å²) < 4.78 is 7.01. The summed E-state index contributed by atoms with van der Waals surface area (Å²) in [6.07, 6.45) is 2.68. The second-order valence-electron chi connectivity index (χ2n) is 5.48. The summed E-state index contributed by atoms with van der Waals surface area (Å²) in [7, 11) is 3.56. The molecule has 0 unspecified atom stereocenters. The van der Waals surface area contributed by atoms with Gasteiger partial charge in [-0.1, -0.05) is 6.92 Å². The first-order valence-corrected chi connectivity index (χ1v) is 8.51. The highest BCUT2D eigenvalue weighted by atomic mass is 32.1. The lowest BCUT2D eigenvalue weighted by Gasteiger charge is -2.21. The van der Waals surface area contributed by atoms with Gasteiger partial charge in [-0.25, -0.2) is 4.98 Å². The Bertz CT molecular complexity index is 678. The molecule has 0 aliphatic rings. The number of thiazole rings is 1. The molecule has 2 aromatic rings. The van der Waals surface area contributed by atoms with Gasteiger partial charge in [0.2, 0.25) is 0 Å². The average Bonchev–Trinajstić information content (AvgIpc) is 3.10. The van der Waals surface area contributed by atoms with Gasteiger partial charge >= 0.3 is 0 Å². The molecule has 7 heteroatoms. The van der Waals surface area contributed by atoms with Crippen molar-refractivity contribution in [3.63, 3.8) is 0 Å². The van der Waals surface area contributed by atoms with Gasteiger partial charge in [0.25, 0.3) is 5.91 Å². The van der Waals surface area contributed by atoms with E-state index in [0.29, 0.717) is 24.7 Å². The van der Waals surface area contributed by atoms with Crippen molar-refractivity contribution in [2.45, 2.75) is 33.7 Å². The summed E-state index contributed by atoms with van der Waals surface area (Å²) in [6, 6.07) is 0.